The molecule has 0 amide bonds. The van der Waals surface area contributed by atoms with Gasteiger partial charge in [-0.05, 0) is 19.5 Å². The van der Waals surface area contributed by atoms with Gasteiger partial charge in [-0.1, -0.05) is 13.8 Å². The Hall–Kier alpha value is -0.940. The molecule has 0 spiro atoms. The van der Waals surface area contributed by atoms with Crippen LogP contribution in [0.2, 0.25) is 0 Å². The molecule has 0 fully saturated rings. The lowest BCUT2D eigenvalue weighted by Gasteiger charge is -2.17. The Bertz CT molecular complexity index is 332. The number of likely N-dealkylation sites (N-methyl/N-ethyl adjacent to an activating group) is 1. The average molecular weight is 314 g/mol. The van der Waals surface area contributed by atoms with Gasteiger partial charge in [0.2, 0.25) is 0 Å². The molecule has 0 aromatic rings. The van der Waals surface area contributed by atoms with Crippen molar-refractivity contribution in [2.75, 3.05) is 39.4 Å². The Morgan fingerprint density at radius 1 is 1.20 bits per heavy atom. The van der Waals surface area contributed by atoms with Gasteiger partial charge >= 0.3 is 10.4 Å². The Morgan fingerprint density at radius 2 is 1.70 bits per heavy atom. The van der Waals surface area contributed by atoms with Crippen molar-refractivity contribution in [3.05, 3.63) is 0 Å². The first kappa shape index (κ1) is 21.4. The third kappa shape index (κ3) is 25.8. The Labute approximate surface area is 120 Å². The molecular weight excluding hydrogens is 288 g/mol. The summed E-state index contributed by atoms with van der Waals surface area (Å²) in [7, 11) is -4.67. The minimum Gasteiger partial charge on any atom is -0.380 e. The summed E-state index contributed by atoms with van der Waals surface area (Å²) in [5, 5.41) is 0. The van der Waals surface area contributed by atoms with Crippen molar-refractivity contribution < 1.29 is 22.3 Å². The summed E-state index contributed by atoms with van der Waals surface area (Å²) in [6, 6.07) is 0. The second-order valence-electron chi connectivity index (χ2n) is 3.75. The highest BCUT2D eigenvalue weighted by molar-refractivity contribution is 7.79. The van der Waals surface area contributed by atoms with Crippen LogP contribution >= 0.6 is 0 Å². The van der Waals surface area contributed by atoms with Crippen molar-refractivity contribution in [1.82, 2.24) is 4.90 Å². The van der Waals surface area contributed by atoms with Gasteiger partial charge in [0.25, 0.3) is 0 Å². The monoisotopic (exact) mass is 314 g/mol. The molecule has 0 radical (unpaired) electrons. The first-order valence-corrected chi connectivity index (χ1v) is 7.65. The van der Waals surface area contributed by atoms with Gasteiger partial charge < -0.3 is 21.1 Å². The summed E-state index contributed by atoms with van der Waals surface area (Å²) in [6.07, 6.45) is 0.871. The zero-order valence-corrected chi connectivity index (χ0v) is 12.8. The minimum absolute atomic E-state index is 0.151. The second kappa shape index (κ2) is 13.1. The van der Waals surface area contributed by atoms with Crippen molar-refractivity contribution in [3.8, 4) is 0 Å². The third-order valence-electron chi connectivity index (χ3n) is 2.19. The molecule has 0 saturated heterocycles. The van der Waals surface area contributed by atoms with Crippen LogP contribution in [0.3, 0.4) is 0 Å². The zero-order valence-electron chi connectivity index (χ0n) is 12.0. The van der Waals surface area contributed by atoms with Crippen LogP contribution in [0.25, 0.3) is 0 Å². The topological polar surface area (TPSA) is 151 Å². The lowest BCUT2D eigenvalue weighted by molar-refractivity contribution is 0.106. The van der Waals surface area contributed by atoms with Crippen molar-refractivity contribution in [2.45, 2.75) is 20.3 Å². The average Bonchev–Trinajstić information content (AvgIpc) is 2.30. The van der Waals surface area contributed by atoms with E-state index in [1.807, 2.05) is 0 Å². The number of ether oxygens (including phenoxy) is 1. The third-order valence-corrected chi connectivity index (χ3v) is 2.19. The van der Waals surface area contributed by atoms with Crippen LogP contribution in [0.15, 0.2) is 4.99 Å². The van der Waals surface area contributed by atoms with Gasteiger partial charge in [0.05, 0.1) is 6.61 Å². The summed E-state index contributed by atoms with van der Waals surface area (Å²) >= 11 is 0. The normalized spacial score (nSPS) is 10.8. The highest BCUT2D eigenvalue weighted by atomic mass is 32.3. The van der Waals surface area contributed by atoms with Crippen LogP contribution in [0.4, 0.5) is 0 Å². The molecule has 0 saturated carbocycles. The van der Waals surface area contributed by atoms with E-state index in [2.05, 4.69) is 23.7 Å². The molecule has 20 heavy (non-hydrogen) atoms. The quantitative estimate of drug-likeness (QED) is 0.190. The van der Waals surface area contributed by atoms with Gasteiger partial charge in [0, 0.05) is 19.7 Å². The summed E-state index contributed by atoms with van der Waals surface area (Å²) in [5.74, 6) is 0.151. The highest BCUT2D eigenvalue weighted by Gasteiger charge is 1.97. The zero-order chi connectivity index (χ0) is 16.0. The number of rotatable bonds is 9. The van der Waals surface area contributed by atoms with E-state index in [0.717, 1.165) is 39.3 Å². The van der Waals surface area contributed by atoms with Crippen LogP contribution in [0.1, 0.15) is 20.3 Å². The molecule has 0 atom stereocenters. The van der Waals surface area contributed by atoms with E-state index < -0.39 is 10.4 Å². The molecule has 6 N–H and O–H groups in total. The number of nitrogens with two attached hydrogens (primary N) is 2. The molecule has 0 aromatic heterocycles. The lowest BCUT2D eigenvalue weighted by atomic mass is 10.4. The van der Waals surface area contributed by atoms with E-state index in [4.69, 9.17) is 33.7 Å². The fourth-order valence-electron chi connectivity index (χ4n) is 1.21. The standard InChI is InChI=1S/C10H24N4O.H2O4S/c1-3-14(4-2)7-9-15-8-5-6-13-10(11)12;1-5(2,3)4/h3-9H2,1-2H3,(H4,11,12,13);(H2,1,2,3,4). The molecule has 122 valence electrons. The maximum Gasteiger partial charge on any atom is 0.394 e. The molecule has 0 unspecified atom stereocenters. The highest BCUT2D eigenvalue weighted by Crippen LogP contribution is 1.89. The largest absolute Gasteiger partial charge is 0.394 e. The Morgan fingerprint density at radius 3 is 2.10 bits per heavy atom. The lowest BCUT2D eigenvalue weighted by Crippen LogP contribution is -2.27. The molecule has 0 bridgehead atoms. The van der Waals surface area contributed by atoms with Gasteiger partial charge in [-0.15, -0.1) is 0 Å². The molecule has 0 rings (SSSR count). The van der Waals surface area contributed by atoms with Gasteiger partial charge in [0.1, 0.15) is 0 Å². The second-order valence-corrected chi connectivity index (χ2v) is 4.64. The van der Waals surface area contributed by atoms with E-state index >= 15 is 0 Å². The van der Waals surface area contributed by atoms with Crippen molar-refractivity contribution in [3.63, 3.8) is 0 Å². The van der Waals surface area contributed by atoms with E-state index in [1.165, 1.54) is 0 Å². The number of guanidine groups is 1. The fraction of sp³-hybridized carbons (Fsp3) is 0.900. The maximum absolute atomic E-state index is 8.74. The van der Waals surface area contributed by atoms with Crippen LogP contribution in [-0.2, 0) is 15.1 Å². The van der Waals surface area contributed by atoms with Crippen LogP contribution in [-0.4, -0.2) is 67.8 Å². The summed E-state index contributed by atoms with van der Waals surface area (Å²) in [5.41, 5.74) is 10.4. The summed E-state index contributed by atoms with van der Waals surface area (Å²) in [4.78, 5) is 6.20. The van der Waals surface area contributed by atoms with E-state index in [0.29, 0.717) is 6.54 Å². The van der Waals surface area contributed by atoms with Crippen molar-refractivity contribution in [2.24, 2.45) is 16.5 Å². The van der Waals surface area contributed by atoms with Crippen molar-refractivity contribution >= 4 is 16.4 Å². The van der Waals surface area contributed by atoms with E-state index in [-0.39, 0.29) is 5.96 Å². The summed E-state index contributed by atoms with van der Waals surface area (Å²) in [6.45, 7) is 9.61. The van der Waals surface area contributed by atoms with Gasteiger partial charge in [0.15, 0.2) is 5.96 Å². The van der Waals surface area contributed by atoms with Gasteiger partial charge in [-0.2, -0.15) is 8.42 Å². The molecule has 9 nitrogen and oxygen atoms in total. The van der Waals surface area contributed by atoms with Gasteiger partial charge in [-0.3, -0.25) is 14.1 Å². The smallest absolute Gasteiger partial charge is 0.380 e. The summed E-state index contributed by atoms with van der Waals surface area (Å²) < 4.78 is 37.0. The number of nitrogens with zero attached hydrogens (tertiary/aromatic N) is 2. The molecule has 0 aromatic carbocycles. The Balaban J connectivity index is 0. The molecule has 0 heterocycles. The first-order valence-electron chi connectivity index (χ1n) is 6.26. The molecule has 10 heteroatoms. The Kier molecular flexibility index (Phi) is 14.0. The predicted octanol–water partition coefficient (Wildman–Crippen LogP) is -0.644. The fourth-order valence-corrected chi connectivity index (χ4v) is 1.21. The predicted molar refractivity (Wildman–Crippen MR) is 78.1 cm³/mol. The van der Waals surface area contributed by atoms with E-state index in [9.17, 15) is 0 Å². The molecule has 0 aliphatic heterocycles. The van der Waals surface area contributed by atoms with Gasteiger partial charge in [-0.25, -0.2) is 0 Å². The van der Waals surface area contributed by atoms with E-state index in [1.54, 1.807) is 0 Å². The molecular formula is C10H26N4O5S. The number of hydrogen-bond donors (Lipinski definition) is 4. The molecule has 0 aliphatic carbocycles. The maximum atomic E-state index is 8.74. The SMILES string of the molecule is CCN(CC)CCOCCCN=C(N)N.O=S(=O)(O)O. The van der Waals surface area contributed by atoms with Crippen LogP contribution in [0.5, 0.6) is 0 Å². The van der Waals surface area contributed by atoms with Crippen LogP contribution in [0, 0.1) is 0 Å². The van der Waals surface area contributed by atoms with Crippen LogP contribution < -0.4 is 11.5 Å². The molecule has 0 aliphatic rings. The number of hydrogen-bond acceptors (Lipinski definition) is 5. The number of aliphatic imine (C=N–C) groups is 1. The van der Waals surface area contributed by atoms with Crippen molar-refractivity contribution in [1.29, 1.82) is 0 Å². The first-order chi connectivity index (χ1) is 9.20. The minimum atomic E-state index is -4.67.